The molecule has 0 saturated heterocycles. The van der Waals surface area contributed by atoms with Gasteiger partial charge < -0.3 is 11.1 Å². The zero-order valence-corrected chi connectivity index (χ0v) is 12.4. The SMILES string of the molecule is NC(CCS(=O)c1ccccc1)C(=O)Nc1ccccc1. The second-order valence-electron chi connectivity index (χ2n) is 4.61. The molecule has 2 aromatic carbocycles. The van der Waals surface area contributed by atoms with Gasteiger partial charge in [0, 0.05) is 16.3 Å². The van der Waals surface area contributed by atoms with Crippen LogP contribution in [0, 0.1) is 0 Å². The van der Waals surface area contributed by atoms with Gasteiger partial charge >= 0.3 is 0 Å². The number of amides is 1. The second-order valence-corrected chi connectivity index (χ2v) is 6.18. The Labute approximate surface area is 126 Å². The summed E-state index contributed by atoms with van der Waals surface area (Å²) in [5.41, 5.74) is 6.56. The van der Waals surface area contributed by atoms with Crippen molar-refractivity contribution in [3.63, 3.8) is 0 Å². The van der Waals surface area contributed by atoms with Crippen molar-refractivity contribution in [3.8, 4) is 0 Å². The summed E-state index contributed by atoms with van der Waals surface area (Å²) >= 11 is 0. The largest absolute Gasteiger partial charge is 0.325 e. The molecule has 0 aliphatic heterocycles. The number of rotatable bonds is 6. The minimum atomic E-state index is -1.13. The number of anilines is 1. The number of hydrogen-bond donors (Lipinski definition) is 2. The van der Waals surface area contributed by atoms with Crippen LogP contribution < -0.4 is 11.1 Å². The molecule has 0 aliphatic rings. The Morgan fingerprint density at radius 1 is 1.05 bits per heavy atom. The summed E-state index contributed by atoms with van der Waals surface area (Å²) < 4.78 is 12.1. The van der Waals surface area contributed by atoms with Crippen LogP contribution in [0.15, 0.2) is 65.6 Å². The van der Waals surface area contributed by atoms with Gasteiger partial charge in [-0.15, -0.1) is 0 Å². The van der Waals surface area contributed by atoms with E-state index in [4.69, 9.17) is 5.73 Å². The van der Waals surface area contributed by atoms with Crippen molar-refractivity contribution in [1.29, 1.82) is 0 Å². The average Bonchev–Trinajstić information content (AvgIpc) is 2.54. The van der Waals surface area contributed by atoms with Crippen molar-refractivity contribution in [2.45, 2.75) is 17.4 Å². The van der Waals surface area contributed by atoms with Gasteiger partial charge in [-0.05, 0) is 30.7 Å². The minimum Gasteiger partial charge on any atom is -0.325 e. The molecule has 2 unspecified atom stereocenters. The topological polar surface area (TPSA) is 72.2 Å². The maximum Gasteiger partial charge on any atom is 0.241 e. The molecule has 21 heavy (non-hydrogen) atoms. The Hall–Kier alpha value is -1.98. The summed E-state index contributed by atoms with van der Waals surface area (Å²) in [4.78, 5) is 12.7. The standard InChI is InChI=1S/C16H18N2O2S/c17-15(16(19)18-13-7-3-1-4-8-13)11-12-21(20)14-9-5-2-6-10-14/h1-10,15H,11-12,17H2,(H,18,19). The van der Waals surface area contributed by atoms with Crippen LogP contribution in [0.5, 0.6) is 0 Å². The molecule has 0 aromatic heterocycles. The quantitative estimate of drug-likeness (QED) is 0.859. The lowest BCUT2D eigenvalue weighted by Gasteiger charge is -2.12. The first-order chi connectivity index (χ1) is 10.2. The smallest absolute Gasteiger partial charge is 0.241 e. The molecular formula is C16H18N2O2S. The van der Waals surface area contributed by atoms with E-state index >= 15 is 0 Å². The summed E-state index contributed by atoms with van der Waals surface area (Å²) in [5.74, 6) is 0.110. The van der Waals surface area contributed by atoms with Crippen molar-refractivity contribution in [3.05, 3.63) is 60.7 Å². The van der Waals surface area contributed by atoms with Crippen LogP contribution in [0.3, 0.4) is 0 Å². The fourth-order valence-corrected chi connectivity index (χ4v) is 2.98. The first-order valence-electron chi connectivity index (χ1n) is 6.72. The number of hydrogen-bond acceptors (Lipinski definition) is 3. The Morgan fingerprint density at radius 2 is 1.62 bits per heavy atom. The number of carbonyl (C=O) groups is 1. The zero-order chi connectivity index (χ0) is 15.1. The first-order valence-corrected chi connectivity index (χ1v) is 8.03. The molecule has 1 amide bonds. The van der Waals surface area contributed by atoms with Gasteiger partial charge in [-0.25, -0.2) is 0 Å². The zero-order valence-electron chi connectivity index (χ0n) is 11.6. The van der Waals surface area contributed by atoms with Crippen LogP contribution in [0.1, 0.15) is 6.42 Å². The first kappa shape index (κ1) is 15.4. The van der Waals surface area contributed by atoms with E-state index in [0.29, 0.717) is 17.9 Å². The molecule has 0 radical (unpaired) electrons. The Balaban J connectivity index is 1.83. The van der Waals surface area contributed by atoms with Crippen molar-refractivity contribution in [2.24, 2.45) is 5.73 Å². The molecule has 110 valence electrons. The van der Waals surface area contributed by atoms with Crippen molar-refractivity contribution < 1.29 is 9.00 Å². The highest BCUT2D eigenvalue weighted by Gasteiger charge is 2.15. The van der Waals surface area contributed by atoms with Gasteiger partial charge in [0.2, 0.25) is 5.91 Å². The fourth-order valence-electron chi connectivity index (χ4n) is 1.81. The Kier molecular flexibility index (Phi) is 5.66. The van der Waals surface area contributed by atoms with E-state index in [1.54, 1.807) is 12.1 Å². The van der Waals surface area contributed by atoms with Crippen molar-refractivity contribution in [2.75, 3.05) is 11.1 Å². The highest BCUT2D eigenvalue weighted by molar-refractivity contribution is 7.85. The molecule has 0 saturated carbocycles. The summed E-state index contributed by atoms with van der Waals surface area (Å²) in [7, 11) is -1.13. The fraction of sp³-hybridized carbons (Fsp3) is 0.188. The van der Waals surface area contributed by atoms with Crippen LogP contribution in [-0.2, 0) is 15.6 Å². The van der Waals surface area contributed by atoms with E-state index in [1.165, 1.54) is 0 Å². The number of nitrogens with two attached hydrogens (primary N) is 1. The second kappa shape index (κ2) is 7.71. The van der Waals surface area contributed by atoms with E-state index in [0.717, 1.165) is 4.90 Å². The number of benzene rings is 2. The third-order valence-electron chi connectivity index (χ3n) is 3.00. The third kappa shape index (κ3) is 4.81. The summed E-state index contributed by atoms with van der Waals surface area (Å²) in [5, 5.41) is 2.74. The third-order valence-corrected chi connectivity index (χ3v) is 4.40. The number of para-hydroxylation sites is 1. The number of nitrogens with one attached hydrogen (secondary N) is 1. The lowest BCUT2D eigenvalue weighted by Crippen LogP contribution is -2.36. The van der Waals surface area contributed by atoms with Crippen LogP contribution in [0.4, 0.5) is 5.69 Å². The highest BCUT2D eigenvalue weighted by atomic mass is 32.2. The lowest BCUT2D eigenvalue weighted by atomic mass is 10.2. The van der Waals surface area contributed by atoms with E-state index in [2.05, 4.69) is 5.32 Å². The molecule has 3 N–H and O–H groups in total. The predicted molar refractivity (Wildman–Crippen MR) is 85.4 cm³/mol. The molecule has 2 atom stereocenters. The lowest BCUT2D eigenvalue weighted by molar-refractivity contribution is -0.117. The maximum atomic E-state index is 12.1. The van der Waals surface area contributed by atoms with Gasteiger partial charge in [0.1, 0.15) is 0 Å². The summed E-state index contributed by atoms with van der Waals surface area (Å²) in [6, 6.07) is 17.7. The molecule has 0 heterocycles. The normalized spacial score (nSPS) is 13.4. The van der Waals surface area contributed by atoms with E-state index < -0.39 is 16.8 Å². The molecule has 5 heteroatoms. The van der Waals surface area contributed by atoms with Gasteiger partial charge in [0.05, 0.1) is 16.8 Å². The minimum absolute atomic E-state index is 0.258. The molecule has 2 aromatic rings. The Bertz CT molecular complexity index is 602. The van der Waals surface area contributed by atoms with Crippen LogP contribution in [0.25, 0.3) is 0 Å². The highest BCUT2D eigenvalue weighted by Crippen LogP contribution is 2.09. The van der Waals surface area contributed by atoms with Crippen molar-refractivity contribution in [1.82, 2.24) is 0 Å². The van der Waals surface area contributed by atoms with Crippen LogP contribution >= 0.6 is 0 Å². The molecule has 4 nitrogen and oxygen atoms in total. The van der Waals surface area contributed by atoms with Gasteiger partial charge in [-0.3, -0.25) is 9.00 Å². The van der Waals surface area contributed by atoms with E-state index in [-0.39, 0.29) is 5.91 Å². The number of carbonyl (C=O) groups excluding carboxylic acids is 1. The summed E-state index contributed by atoms with van der Waals surface area (Å²) in [6.07, 6.45) is 0.375. The Morgan fingerprint density at radius 3 is 2.24 bits per heavy atom. The predicted octanol–water partition coefficient (Wildman–Crippen LogP) is 2.15. The van der Waals surface area contributed by atoms with Crippen LogP contribution in [0.2, 0.25) is 0 Å². The summed E-state index contributed by atoms with van der Waals surface area (Å²) in [6.45, 7) is 0. The average molecular weight is 302 g/mol. The maximum absolute atomic E-state index is 12.1. The van der Waals surface area contributed by atoms with Gasteiger partial charge in [-0.2, -0.15) is 0 Å². The molecule has 2 rings (SSSR count). The monoisotopic (exact) mass is 302 g/mol. The molecule has 0 aliphatic carbocycles. The molecule has 0 bridgehead atoms. The van der Waals surface area contributed by atoms with Gasteiger partial charge in [0.25, 0.3) is 0 Å². The molecule has 0 fully saturated rings. The molecular weight excluding hydrogens is 284 g/mol. The van der Waals surface area contributed by atoms with Gasteiger partial charge in [-0.1, -0.05) is 36.4 Å². The van der Waals surface area contributed by atoms with Crippen molar-refractivity contribution >= 4 is 22.4 Å². The van der Waals surface area contributed by atoms with E-state index in [1.807, 2.05) is 48.5 Å². The molecule has 0 spiro atoms. The van der Waals surface area contributed by atoms with Gasteiger partial charge in [0.15, 0.2) is 0 Å². The van der Waals surface area contributed by atoms with Crippen LogP contribution in [-0.4, -0.2) is 21.9 Å². The van der Waals surface area contributed by atoms with E-state index in [9.17, 15) is 9.00 Å².